The van der Waals surface area contributed by atoms with Crippen molar-refractivity contribution in [3.63, 3.8) is 0 Å². The molecule has 0 spiro atoms. The van der Waals surface area contributed by atoms with Crippen LogP contribution in [0.15, 0.2) is 30.3 Å². The normalized spacial score (nSPS) is 30.7. The quantitative estimate of drug-likeness (QED) is 0.692. The highest BCUT2D eigenvalue weighted by atomic mass is 16.7. The van der Waals surface area contributed by atoms with E-state index < -0.39 is 0 Å². The third-order valence-electron chi connectivity index (χ3n) is 5.03. The van der Waals surface area contributed by atoms with Crippen LogP contribution < -0.4 is 0 Å². The Morgan fingerprint density at radius 2 is 1.50 bits per heavy atom. The molecule has 1 aromatic carbocycles. The first-order valence-corrected chi connectivity index (χ1v) is 9.69. The number of rotatable bonds is 3. The fraction of sp³-hybridized carbons (Fsp3) is 0.636. The van der Waals surface area contributed by atoms with Crippen LogP contribution in [-0.2, 0) is 9.47 Å². The highest BCUT2D eigenvalue weighted by Gasteiger charge is 2.30. The van der Waals surface area contributed by atoms with E-state index in [1.807, 2.05) is 13.8 Å². The summed E-state index contributed by atoms with van der Waals surface area (Å²) in [5, 5.41) is 0. The predicted molar refractivity (Wildman–Crippen MR) is 102 cm³/mol. The van der Waals surface area contributed by atoms with Gasteiger partial charge in [0.15, 0.2) is 6.29 Å². The number of hydrogen-bond donors (Lipinski definition) is 0. The summed E-state index contributed by atoms with van der Waals surface area (Å²) in [7, 11) is 0. The largest absolute Gasteiger partial charge is 0.352 e. The molecular weight excluding hydrogens is 296 g/mol. The van der Waals surface area contributed by atoms with E-state index >= 15 is 0 Å². The number of ether oxygens (including phenoxy) is 2. The Bertz CT molecular complexity index is 475. The Morgan fingerprint density at radius 3 is 2.08 bits per heavy atom. The second-order valence-electron chi connectivity index (χ2n) is 7.08. The number of benzene rings is 1. The van der Waals surface area contributed by atoms with Crippen molar-refractivity contribution < 1.29 is 9.47 Å². The molecule has 134 valence electrons. The van der Waals surface area contributed by atoms with Gasteiger partial charge in [-0.2, -0.15) is 0 Å². The smallest absolute Gasteiger partial charge is 0.160 e. The molecule has 2 heteroatoms. The molecule has 0 atom stereocenters. The summed E-state index contributed by atoms with van der Waals surface area (Å²) in [5.74, 6) is 1.86. The van der Waals surface area contributed by atoms with Crippen LogP contribution in [0.5, 0.6) is 0 Å². The van der Waals surface area contributed by atoms with Gasteiger partial charge in [0.1, 0.15) is 0 Å². The average Bonchev–Trinajstić information content (AvgIpc) is 2.64. The van der Waals surface area contributed by atoms with Gasteiger partial charge >= 0.3 is 0 Å². The number of aryl methyl sites for hydroxylation is 1. The zero-order chi connectivity index (χ0) is 17.4. The lowest BCUT2D eigenvalue weighted by Gasteiger charge is -2.36. The Balaban J connectivity index is 0.00000100. The van der Waals surface area contributed by atoms with Gasteiger partial charge < -0.3 is 9.47 Å². The van der Waals surface area contributed by atoms with Crippen LogP contribution in [0.25, 0.3) is 6.08 Å². The molecule has 2 nitrogen and oxygen atoms in total. The van der Waals surface area contributed by atoms with Gasteiger partial charge in [-0.05, 0) is 31.2 Å². The van der Waals surface area contributed by atoms with Crippen molar-refractivity contribution in [3.8, 4) is 0 Å². The Labute approximate surface area is 148 Å². The molecule has 0 amide bonds. The second-order valence-corrected chi connectivity index (χ2v) is 7.08. The molecule has 0 radical (unpaired) electrons. The third-order valence-corrected chi connectivity index (χ3v) is 5.03. The monoisotopic (exact) mass is 330 g/mol. The van der Waals surface area contributed by atoms with Crippen LogP contribution in [0, 0.1) is 24.7 Å². The number of hydrogen-bond acceptors (Lipinski definition) is 2. The molecule has 0 bridgehead atoms. The van der Waals surface area contributed by atoms with E-state index in [2.05, 4.69) is 50.3 Å². The molecule has 0 N–H and O–H groups in total. The van der Waals surface area contributed by atoms with Gasteiger partial charge in [-0.25, -0.2) is 0 Å². The summed E-state index contributed by atoms with van der Waals surface area (Å²) in [4.78, 5) is 0. The highest BCUT2D eigenvalue weighted by Crippen LogP contribution is 2.33. The van der Waals surface area contributed by atoms with E-state index in [1.54, 1.807) is 0 Å². The molecule has 1 aromatic rings. The minimum Gasteiger partial charge on any atom is -0.352 e. The van der Waals surface area contributed by atoms with Crippen LogP contribution in [-0.4, -0.2) is 19.5 Å². The van der Waals surface area contributed by atoms with Gasteiger partial charge in [-0.1, -0.05) is 75.6 Å². The van der Waals surface area contributed by atoms with E-state index in [4.69, 9.17) is 9.47 Å². The van der Waals surface area contributed by atoms with Crippen molar-refractivity contribution in [2.24, 2.45) is 17.8 Å². The molecular formula is C22H34O2. The van der Waals surface area contributed by atoms with Crippen LogP contribution in [0.3, 0.4) is 0 Å². The SMILES string of the molecule is CC.Cc1ccc(/C=C/C2COC(C3CCC(C)CC3)OC2)cc1. The zero-order valence-electron chi connectivity index (χ0n) is 15.8. The average molecular weight is 331 g/mol. The van der Waals surface area contributed by atoms with Gasteiger partial charge in [0, 0.05) is 11.8 Å². The van der Waals surface area contributed by atoms with Crippen LogP contribution in [0.2, 0.25) is 0 Å². The van der Waals surface area contributed by atoms with Gasteiger partial charge in [0.05, 0.1) is 13.2 Å². The van der Waals surface area contributed by atoms with E-state index in [-0.39, 0.29) is 6.29 Å². The third kappa shape index (κ3) is 5.75. The fourth-order valence-electron chi connectivity index (χ4n) is 3.40. The minimum atomic E-state index is 0.0384. The van der Waals surface area contributed by atoms with Crippen LogP contribution in [0.4, 0.5) is 0 Å². The Hall–Kier alpha value is -1.12. The van der Waals surface area contributed by atoms with Gasteiger partial charge in [0.25, 0.3) is 0 Å². The van der Waals surface area contributed by atoms with Crippen molar-refractivity contribution in [1.82, 2.24) is 0 Å². The predicted octanol–water partition coefficient (Wildman–Crippen LogP) is 5.85. The maximum absolute atomic E-state index is 6.00. The molecule has 1 aliphatic carbocycles. The second kappa shape index (κ2) is 10.0. The fourth-order valence-corrected chi connectivity index (χ4v) is 3.40. The summed E-state index contributed by atoms with van der Waals surface area (Å²) < 4.78 is 12.0. The van der Waals surface area contributed by atoms with Crippen molar-refractivity contribution in [2.75, 3.05) is 13.2 Å². The molecule has 1 saturated carbocycles. The van der Waals surface area contributed by atoms with E-state index in [9.17, 15) is 0 Å². The van der Waals surface area contributed by atoms with Gasteiger partial charge in [0.2, 0.25) is 0 Å². The molecule has 2 aliphatic rings. The maximum atomic E-state index is 6.00. The summed E-state index contributed by atoms with van der Waals surface area (Å²) in [6, 6.07) is 8.60. The molecule has 1 saturated heterocycles. The lowest BCUT2D eigenvalue weighted by Crippen LogP contribution is -2.37. The minimum absolute atomic E-state index is 0.0384. The van der Waals surface area contributed by atoms with E-state index in [0.717, 1.165) is 19.1 Å². The summed E-state index contributed by atoms with van der Waals surface area (Å²) in [6.45, 7) is 10.0. The lowest BCUT2D eigenvalue weighted by atomic mass is 9.82. The molecule has 24 heavy (non-hydrogen) atoms. The van der Waals surface area contributed by atoms with Gasteiger partial charge in [-0.3, -0.25) is 0 Å². The molecule has 3 rings (SSSR count). The highest BCUT2D eigenvalue weighted by molar-refractivity contribution is 5.49. The zero-order valence-corrected chi connectivity index (χ0v) is 15.8. The summed E-state index contributed by atoms with van der Waals surface area (Å²) in [6.07, 6.45) is 9.61. The van der Waals surface area contributed by atoms with Crippen LogP contribution >= 0.6 is 0 Å². The molecule has 2 fully saturated rings. The van der Waals surface area contributed by atoms with Crippen molar-refractivity contribution in [1.29, 1.82) is 0 Å². The van der Waals surface area contributed by atoms with Crippen molar-refractivity contribution >= 4 is 6.08 Å². The van der Waals surface area contributed by atoms with Crippen LogP contribution in [0.1, 0.15) is 57.6 Å². The van der Waals surface area contributed by atoms with E-state index in [1.165, 1.54) is 36.8 Å². The lowest BCUT2D eigenvalue weighted by molar-refractivity contribution is -0.222. The molecule has 1 heterocycles. The summed E-state index contributed by atoms with van der Waals surface area (Å²) in [5.41, 5.74) is 2.54. The maximum Gasteiger partial charge on any atom is 0.160 e. The Morgan fingerprint density at radius 1 is 0.917 bits per heavy atom. The topological polar surface area (TPSA) is 18.5 Å². The van der Waals surface area contributed by atoms with Crippen molar-refractivity contribution in [2.45, 2.75) is 59.7 Å². The van der Waals surface area contributed by atoms with E-state index in [0.29, 0.717) is 11.8 Å². The van der Waals surface area contributed by atoms with Crippen molar-refractivity contribution in [3.05, 3.63) is 41.5 Å². The standard InChI is InChI=1S/C20H28O2.C2H6/c1-15-3-7-17(8-4-15)9-10-18-13-21-20(22-14-18)19-11-5-16(2)6-12-19;1-2/h3-4,7-10,16,18-20H,5-6,11-14H2,1-2H3;1-2H3/b10-9+;. The molecule has 0 aromatic heterocycles. The molecule has 1 aliphatic heterocycles. The first-order valence-electron chi connectivity index (χ1n) is 9.69. The Kier molecular flexibility index (Phi) is 8.01. The molecule has 0 unspecified atom stereocenters. The summed E-state index contributed by atoms with van der Waals surface area (Å²) >= 11 is 0. The first kappa shape index (κ1) is 19.2. The van der Waals surface area contributed by atoms with Gasteiger partial charge in [-0.15, -0.1) is 0 Å². The first-order chi connectivity index (χ1) is 11.7.